The smallest absolute Gasteiger partial charge is 0.227 e. The molecule has 1 aromatic carbocycles. The van der Waals surface area contributed by atoms with Crippen LogP contribution in [0.2, 0.25) is 5.02 Å². The molecule has 100 valence electrons. The third-order valence-electron chi connectivity index (χ3n) is 2.30. The van der Waals surface area contributed by atoms with Crippen molar-refractivity contribution in [2.45, 2.75) is 12.8 Å². The summed E-state index contributed by atoms with van der Waals surface area (Å²) >= 11 is 12.7. The van der Waals surface area contributed by atoms with Crippen LogP contribution in [-0.2, 0) is 11.2 Å². The van der Waals surface area contributed by atoms with E-state index in [1.54, 1.807) is 0 Å². The molecular formula is C12H11Cl2N3OS. The molecule has 0 aliphatic heterocycles. The summed E-state index contributed by atoms with van der Waals surface area (Å²) in [6, 6.07) is 7.55. The second-order valence-corrected chi connectivity index (χ2v) is 5.67. The first kappa shape index (κ1) is 14.2. The zero-order chi connectivity index (χ0) is 13.7. The molecule has 0 saturated carbocycles. The molecule has 0 atom stereocenters. The van der Waals surface area contributed by atoms with Gasteiger partial charge in [0.1, 0.15) is 5.01 Å². The number of amides is 1. The van der Waals surface area contributed by atoms with Crippen molar-refractivity contribution in [1.82, 2.24) is 10.2 Å². The van der Waals surface area contributed by atoms with Gasteiger partial charge < -0.3 is 5.32 Å². The van der Waals surface area contributed by atoms with E-state index < -0.39 is 0 Å². The molecule has 0 unspecified atom stereocenters. The van der Waals surface area contributed by atoms with E-state index in [4.69, 9.17) is 23.2 Å². The number of rotatable bonds is 5. The maximum atomic E-state index is 11.3. The highest BCUT2D eigenvalue weighted by Gasteiger charge is 2.08. The predicted molar refractivity (Wildman–Crippen MR) is 78.1 cm³/mol. The number of hydrogen-bond acceptors (Lipinski definition) is 4. The van der Waals surface area contributed by atoms with Crippen LogP contribution in [0.15, 0.2) is 24.3 Å². The van der Waals surface area contributed by atoms with Gasteiger partial charge >= 0.3 is 0 Å². The molecule has 0 aliphatic carbocycles. The van der Waals surface area contributed by atoms with Crippen molar-refractivity contribution in [2.24, 2.45) is 0 Å². The number of alkyl halides is 1. The fourth-order valence-corrected chi connectivity index (χ4v) is 2.51. The molecule has 2 aromatic rings. The molecule has 7 heteroatoms. The van der Waals surface area contributed by atoms with E-state index in [0.717, 1.165) is 10.6 Å². The molecule has 0 aliphatic rings. The predicted octanol–water partition coefficient (Wildman–Crippen LogP) is 3.35. The quantitative estimate of drug-likeness (QED) is 0.861. The molecular weight excluding hydrogens is 305 g/mol. The normalized spacial score (nSPS) is 10.4. The molecule has 2 rings (SSSR count). The van der Waals surface area contributed by atoms with Gasteiger partial charge in [0.2, 0.25) is 11.0 Å². The summed E-state index contributed by atoms with van der Waals surface area (Å²) in [4.78, 5) is 11.3. The van der Waals surface area contributed by atoms with Gasteiger partial charge in [-0.1, -0.05) is 35.1 Å². The monoisotopic (exact) mass is 315 g/mol. The van der Waals surface area contributed by atoms with Crippen molar-refractivity contribution < 1.29 is 4.79 Å². The van der Waals surface area contributed by atoms with Gasteiger partial charge in [0.15, 0.2) is 0 Å². The summed E-state index contributed by atoms with van der Waals surface area (Å²) < 4.78 is 0. The number of nitrogens with zero attached hydrogens (tertiary/aromatic N) is 2. The minimum Gasteiger partial charge on any atom is -0.300 e. The van der Waals surface area contributed by atoms with E-state index in [2.05, 4.69) is 15.5 Å². The number of carbonyl (C=O) groups excluding carboxylic acids is 1. The second-order valence-electron chi connectivity index (χ2n) is 3.79. The summed E-state index contributed by atoms with van der Waals surface area (Å²) in [6.07, 6.45) is 0.938. The number of hydrogen-bond donors (Lipinski definition) is 1. The summed E-state index contributed by atoms with van der Waals surface area (Å²) in [5.41, 5.74) is 1.10. The lowest BCUT2D eigenvalue weighted by molar-refractivity contribution is -0.115. The van der Waals surface area contributed by atoms with Crippen LogP contribution in [0.3, 0.4) is 0 Å². The topological polar surface area (TPSA) is 54.9 Å². The molecule has 0 spiro atoms. The Labute approximate surface area is 124 Å². The van der Waals surface area contributed by atoms with Gasteiger partial charge in [0.25, 0.3) is 0 Å². The number of nitrogens with one attached hydrogen (secondary N) is 1. The van der Waals surface area contributed by atoms with Crippen molar-refractivity contribution in [1.29, 1.82) is 0 Å². The first-order valence-corrected chi connectivity index (χ1v) is 7.33. The average molecular weight is 316 g/mol. The van der Waals surface area contributed by atoms with Gasteiger partial charge in [-0.2, -0.15) is 0 Å². The molecule has 19 heavy (non-hydrogen) atoms. The Kier molecular flexibility index (Phi) is 5.13. The molecule has 0 bridgehead atoms. The maximum Gasteiger partial charge on any atom is 0.227 e. The van der Waals surface area contributed by atoms with Crippen LogP contribution in [0.5, 0.6) is 0 Å². The molecule has 4 nitrogen and oxygen atoms in total. The van der Waals surface area contributed by atoms with Crippen LogP contribution in [0.4, 0.5) is 5.13 Å². The summed E-state index contributed by atoms with van der Waals surface area (Å²) in [7, 11) is 0. The number of aromatic nitrogens is 2. The summed E-state index contributed by atoms with van der Waals surface area (Å²) in [5, 5.41) is 12.7. The molecule has 1 amide bonds. The first-order valence-electron chi connectivity index (χ1n) is 5.60. The van der Waals surface area contributed by atoms with E-state index in [1.807, 2.05) is 24.3 Å². The highest BCUT2D eigenvalue weighted by atomic mass is 35.5. The Morgan fingerprint density at radius 2 is 2.00 bits per heavy atom. The van der Waals surface area contributed by atoms with E-state index in [9.17, 15) is 4.79 Å². The Morgan fingerprint density at radius 1 is 1.26 bits per heavy atom. The van der Waals surface area contributed by atoms with Crippen molar-refractivity contribution in [2.75, 3.05) is 11.2 Å². The number of halogens is 2. The van der Waals surface area contributed by atoms with Crippen LogP contribution in [0, 0.1) is 0 Å². The highest BCUT2D eigenvalue weighted by Crippen LogP contribution is 2.19. The van der Waals surface area contributed by atoms with Crippen molar-refractivity contribution in [3.63, 3.8) is 0 Å². The fraction of sp³-hybridized carbons (Fsp3) is 0.250. The molecule has 1 heterocycles. The Hall–Kier alpha value is -1.17. The van der Waals surface area contributed by atoms with E-state index in [0.29, 0.717) is 22.5 Å². The molecule has 0 fully saturated rings. The third kappa shape index (κ3) is 4.45. The number of anilines is 1. The van der Waals surface area contributed by atoms with E-state index in [1.165, 1.54) is 11.3 Å². The zero-order valence-electron chi connectivity index (χ0n) is 9.90. The van der Waals surface area contributed by atoms with E-state index >= 15 is 0 Å². The second kappa shape index (κ2) is 6.84. The Morgan fingerprint density at radius 3 is 2.68 bits per heavy atom. The van der Waals surface area contributed by atoms with Crippen LogP contribution in [0.1, 0.15) is 17.0 Å². The van der Waals surface area contributed by atoms with Gasteiger partial charge in [-0.15, -0.1) is 21.8 Å². The SMILES string of the molecule is O=C(CCCl)Nc1nnc(Cc2ccc(Cl)cc2)s1. The van der Waals surface area contributed by atoms with Crippen LogP contribution in [0.25, 0.3) is 0 Å². The summed E-state index contributed by atoms with van der Waals surface area (Å²) in [5.74, 6) is 0.145. The van der Waals surface area contributed by atoms with Gasteiger partial charge in [0.05, 0.1) is 0 Å². The maximum absolute atomic E-state index is 11.3. The van der Waals surface area contributed by atoms with Crippen LogP contribution in [-0.4, -0.2) is 22.0 Å². The van der Waals surface area contributed by atoms with Gasteiger partial charge in [-0.3, -0.25) is 4.79 Å². The lowest BCUT2D eigenvalue weighted by Gasteiger charge is -1.97. The number of benzene rings is 1. The van der Waals surface area contributed by atoms with Gasteiger partial charge in [-0.05, 0) is 17.7 Å². The first-order chi connectivity index (χ1) is 9.17. The minimum atomic E-state index is -0.149. The highest BCUT2D eigenvalue weighted by molar-refractivity contribution is 7.15. The number of carbonyl (C=O) groups is 1. The van der Waals surface area contributed by atoms with Crippen molar-refractivity contribution in [3.8, 4) is 0 Å². The molecule has 0 radical (unpaired) electrons. The fourth-order valence-electron chi connectivity index (χ4n) is 1.42. The standard InChI is InChI=1S/C12H11Cl2N3OS/c13-6-5-10(18)15-12-17-16-11(19-12)7-8-1-3-9(14)4-2-8/h1-4H,5-7H2,(H,15,17,18). The van der Waals surface area contributed by atoms with Gasteiger partial charge in [-0.25, -0.2) is 0 Å². The van der Waals surface area contributed by atoms with Gasteiger partial charge in [0, 0.05) is 23.7 Å². The van der Waals surface area contributed by atoms with Crippen LogP contribution < -0.4 is 5.32 Å². The lowest BCUT2D eigenvalue weighted by atomic mass is 10.2. The zero-order valence-corrected chi connectivity index (χ0v) is 12.2. The van der Waals surface area contributed by atoms with Crippen molar-refractivity contribution >= 4 is 45.6 Å². The Bertz CT molecular complexity index is 556. The van der Waals surface area contributed by atoms with E-state index in [-0.39, 0.29) is 12.3 Å². The largest absolute Gasteiger partial charge is 0.300 e. The van der Waals surface area contributed by atoms with Crippen LogP contribution >= 0.6 is 34.5 Å². The molecule has 1 N–H and O–H groups in total. The molecule has 0 saturated heterocycles. The third-order valence-corrected chi connectivity index (χ3v) is 3.58. The average Bonchev–Trinajstić information content (AvgIpc) is 2.80. The molecule has 1 aromatic heterocycles. The minimum absolute atomic E-state index is 0.149. The summed E-state index contributed by atoms with van der Waals surface area (Å²) in [6.45, 7) is 0. The van der Waals surface area contributed by atoms with Crippen molar-refractivity contribution in [3.05, 3.63) is 39.9 Å². The lowest BCUT2D eigenvalue weighted by Crippen LogP contribution is -2.11. The Balaban J connectivity index is 1.97.